The van der Waals surface area contributed by atoms with Gasteiger partial charge >= 0.3 is 0 Å². The molecule has 54 valence electrons. The Kier molecular flexibility index (Phi) is 5.25. The molecule has 1 rings (SSSR count). The highest BCUT2D eigenvalue weighted by Crippen LogP contribution is 1.78. The van der Waals surface area contributed by atoms with Crippen molar-refractivity contribution in [2.75, 3.05) is 0 Å². The summed E-state index contributed by atoms with van der Waals surface area (Å²) in [7, 11) is 0. The fourth-order valence-corrected chi connectivity index (χ4v) is 0.374. The summed E-state index contributed by atoms with van der Waals surface area (Å²) in [5.41, 5.74) is 0. The van der Waals surface area contributed by atoms with E-state index in [0.717, 1.165) is 5.82 Å². The molecule has 0 amide bonds. The second-order valence-corrected chi connectivity index (χ2v) is 1.70. The van der Waals surface area contributed by atoms with Gasteiger partial charge in [-0.05, 0) is 19.9 Å². The predicted molar refractivity (Wildman–Crippen MR) is 42.6 cm³/mol. The second kappa shape index (κ2) is 5.95. The molecule has 0 unspecified atom stereocenters. The maximum Gasteiger partial charge on any atom is 0.125 e. The summed E-state index contributed by atoms with van der Waals surface area (Å²) in [6.07, 6.45) is 5.20. The molecule has 0 N–H and O–H groups in total. The summed E-state index contributed by atoms with van der Waals surface area (Å²) in [5, 5.41) is 0. The molecule has 0 aliphatic rings. The van der Waals surface area contributed by atoms with Crippen LogP contribution in [0.2, 0.25) is 0 Å². The van der Waals surface area contributed by atoms with Gasteiger partial charge in [0.15, 0.2) is 0 Å². The van der Waals surface area contributed by atoms with Crippen molar-refractivity contribution in [3.05, 3.63) is 36.9 Å². The molecule has 0 saturated carbocycles. The van der Waals surface area contributed by atoms with Crippen molar-refractivity contribution in [3.63, 3.8) is 0 Å². The number of allylic oxidation sites excluding steroid dienone is 1. The van der Waals surface area contributed by atoms with Crippen molar-refractivity contribution in [2.24, 2.45) is 0 Å². The van der Waals surface area contributed by atoms with Gasteiger partial charge in [-0.1, -0.05) is 6.08 Å². The summed E-state index contributed by atoms with van der Waals surface area (Å²) in [5.74, 6) is 0.822. The zero-order valence-corrected chi connectivity index (χ0v) is 6.41. The average Bonchev–Trinajstić information content (AvgIpc) is 1.91. The highest BCUT2D eigenvalue weighted by atomic mass is 14.8. The summed E-state index contributed by atoms with van der Waals surface area (Å²) >= 11 is 0. The van der Waals surface area contributed by atoms with E-state index in [0.29, 0.717) is 0 Å². The van der Waals surface area contributed by atoms with E-state index in [1.165, 1.54) is 0 Å². The minimum Gasteiger partial charge on any atom is -0.242 e. The average molecular weight is 136 g/mol. The number of aromatic nitrogens is 2. The van der Waals surface area contributed by atoms with E-state index in [4.69, 9.17) is 0 Å². The molecule has 0 fully saturated rings. The fourth-order valence-electron chi connectivity index (χ4n) is 0.374. The zero-order chi connectivity index (χ0) is 7.82. The third kappa shape index (κ3) is 4.97. The maximum absolute atomic E-state index is 3.87. The van der Waals surface area contributed by atoms with Gasteiger partial charge < -0.3 is 0 Å². The van der Waals surface area contributed by atoms with Crippen molar-refractivity contribution in [3.8, 4) is 0 Å². The Hall–Kier alpha value is -1.18. The van der Waals surface area contributed by atoms with Gasteiger partial charge in [0.2, 0.25) is 0 Å². The first-order chi connectivity index (χ1) is 4.81. The van der Waals surface area contributed by atoms with E-state index in [-0.39, 0.29) is 0 Å². The quantitative estimate of drug-likeness (QED) is 0.509. The fraction of sp³-hybridized carbons (Fsp3) is 0.250. The van der Waals surface area contributed by atoms with Gasteiger partial charge in [-0.15, -0.1) is 6.58 Å². The van der Waals surface area contributed by atoms with Crippen LogP contribution < -0.4 is 0 Å². The van der Waals surface area contributed by atoms with Gasteiger partial charge in [0, 0.05) is 12.4 Å². The largest absolute Gasteiger partial charge is 0.242 e. The van der Waals surface area contributed by atoms with Crippen molar-refractivity contribution in [1.29, 1.82) is 0 Å². The van der Waals surface area contributed by atoms with Crippen LogP contribution >= 0.6 is 0 Å². The highest BCUT2D eigenvalue weighted by Gasteiger charge is 1.74. The Morgan fingerprint density at radius 1 is 1.40 bits per heavy atom. The Bertz CT molecular complexity index is 170. The molecule has 1 aromatic rings. The molecule has 2 heteroatoms. The Morgan fingerprint density at radius 3 is 2.00 bits per heavy atom. The zero-order valence-electron chi connectivity index (χ0n) is 6.41. The van der Waals surface area contributed by atoms with E-state index >= 15 is 0 Å². The topological polar surface area (TPSA) is 25.8 Å². The van der Waals surface area contributed by atoms with Gasteiger partial charge in [0.05, 0.1) is 0 Å². The molecule has 2 nitrogen and oxygen atoms in total. The molecular weight excluding hydrogens is 124 g/mol. The van der Waals surface area contributed by atoms with E-state index in [1.54, 1.807) is 24.5 Å². The third-order valence-electron chi connectivity index (χ3n) is 0.695. The van der Waals surface area contributed by atoms with Gasteiger partial charge in [-0.25, -0.2) is 9.97 Å². The Labute approximate surface area is 61.6 Å². The van der Waals surface area contributed by atoms with Crippen molar-refractivity contribution in [2.45, 2.75) is 13.8 Å². The maximum atomic E-state index is 3.87. The molecule has 0 bridgehead atoms. The SMILES string of the molecule is C=CC.Cc1ncccn1. The molecule has 0 atom stereocenters. The third-order valence-corrected chi connectivity index (χ3v) is 0.695. The lowest BCUT2D eigenvalue weighted by Gasteiger charge is -1.81. The molecule has 10 heavy (non-hydrogen) atoms. The summed E-state index contributed by atoms with van der Waals surface area (Å²) < 4.78 is 0. The van der Waals surface area contributed by atoms with E-state index < -0.39 is 0 Å². The van der Waals surface area contributed by atoms with E-state index in [9.17, 15) is 0 Å². The van der Waals surface area contributed by atoms with Crippen molar-refractivity contribution >= 4 is 0 Å². The van der Waals surface area contributed by atoms with Crippen LogP contribution in [0.3, 0.4) is 0 Å². The number of rotatable bonds is 0. The minimum absolute atomic E-state index is 0.822. The lowest BCUT2D eigenvalue weighted by Crippen LogP contribution is -1.80. The molecule has 1 aromatic heterocycles. The van der Waals surface area contributed by atoms with Crippen LogP contribution in [-0.2, 0) is 0 Å². The van der Waals surface area contributed by atoms with Crippen LogP contribution in [0.1, 0.15) is 12.7 Å². The van der Waals surface area contributed by atoms with Crippen LogP contribution in [-0.4, -0.2) is 9.97 Å². The molecule has 0 saturated heterocycles. The van der Waals surface area contributed by atoms with Crippen molar-refractivity contribution in [1.82, 2.24) is 9.97 Å². The van der Waals surface area contributed by atoms with Crippen molar-refractivity contribution < 1.29 is 0 Å². The molecule has 0 aliphatic heterocycles. The first kappa shape index (κ1) is 8.82. The van der Waals surface area contributed by atoms with Gasteiger partial charge in [0.1, 0.15) is 5.82 Å². The lowest BCUT2D eigenvalue weighted by atomic mass is 10.6. The first-order valence-electron chi connectivity index (χ1n) is 3.12. The van der Waals surface area contributed by atoms with Crippen LogP contribution in [0.4, 0.5) is 0 Å². The summed E-state index contributed by atoms with van der Waals surface area (Å²) in [6.45, 7) is 7.11. The Balaban J connectivity index is 0.000000236. The van der Waals surface area contributed by atoms with Crippen LogP contribution in [0.15, 0.2) is 31.1 Å². The monoisotopic (exact) mass is 136 g/mol. The van der Waals surface area contributed by atoms with Gasteiger partial charge in [-0.2, -0.15) is 0 Å². The highest BCUT2D eigenvalue weighted by molar-refractivity contribution is 4.83. The summed E-state index contributed by atoms with van der Waals surface area (Å²) in [6, 6.07) is 1.80. The number of hydrogen-bond acceptors (Lipinski definition) is 2. The first-order valence-corrected chi connectivity index (χ1v) is 3.12. The molecule has 1 heterocycles. The second-order valence-electron chi connectivity index (χ2n) is 1.70. The molecule has 0 radical (unpaired) electrons. The van der Waals surface area contributed by atoms with E-state index in [1.807, 2.05) is 13.8 Å². The molecular formula is C8H12N2. The van der Waals surface area contributed by atoms with Gasteiger partial charge in [-0.3, -0.25) is 0 Å². The minimum atomic E-state index is 0.822. The number of aryl methyl sites for hydroxylation is 1. The van der Waals surface area contributed by atoms with Crippen LogP contribution in [0.25, 0.3) is 0 Å². The standard InChI is InChI=1S/C5H6N2.C3H6/c1-5-6-3-2-4-7-5;1-3-2/h2-4H,1H3;3H,1H2,2H3. The predicted octanol–water partition coefficient (Wildman–Crippen LogP) is 1.98. The molecule has 0 aliphatic carbocycles. The lowest BCUT2D eigenvalue weighted by molar-refractivity contribution is 1.05. The Morgan fingerprint density at radius 2 is 1.80 bits per heavy atom. The van der Waals surface area contributed by atoms with E-state index in [2.05, 4.69) is 16.5 Å². The van der Waals surface area contributed by atoms with Crippen LogP contribution in [0.5, 0.6) is 0 Å². The summed E-state index contributed by atoms with van der Waals surface area (Å²) in [4.78, 5) is 7.74. The normalized spacial score (nSPS) is 7.40. The van der Waals surface area contributed by atoms with Gasteiger partial charge in [0.25, 0.3) is 0 Å². The molecule has 0 spiro atoms. The molecule has 0 aromatic carbocycles. The number of hydrogen-bond donors (Lipinski definition) is 0. The smallest absolute Gasteiger partial charge is 0.125 e. The number of nitrogens with zero attached hydrogens (tertiary/aromatic N) is 2. The van der Waals surface area contributed by atoms with Crippen LogP contribution in [0, 0.1) is 6.92 Å².